The number of likely N-dealkylation sites (tertiary alicyclic amines) is 1. The number of hydrogen-bond acceptors (Lipinski definition) is 2. The first kappa shape index (κ1) is 17.2. The fourth-order valence-electron chi connectivity index (χ4n) is 3.47. The van der Waals surface area contributed by atoms with E-state index in [1.807, 2.05) is 0 Å². The zero-order chi connectivity index (χ0) is 16.8. The third-order valence-electron chi connectivity index (χ3n) is 4.86. The number of piperidine rings is 1. The standard InChI is InChI=1S/C20H27N3S/c1-2-20(24)23(22-13-6-7-14-22)19-11-16-21(17-12-19)15-10-18-8-4-3-5-9-18/h3-9,13-14,19H,2,10-12,15-17H2,1H3. The van der Waals surface area contributed by atoms with Crippen molar-refractivity contribution in [2.24, 2.45) is 0 Å². The Morgan fingerprint density at radius 1 is 1.08 bits per heavy atom. The minimum absolute atomic E-state index is 0.512. The summed E-state index contributed by atoms with van der Waals surface area (Å²) in [4.78, 5) is 3.63. The summed E-state index contributed by atoms with van der Waals surface area (Å²) in [6.07, 6.45) is 8.61. The van der Waals surface area contributed by atoms with Gasteiger partial charge in [-0.05, 0) is 43.4 Å². The Balaban J connectivity index is 1.54. The average Bonchev–Trinajstić information content (AvgIpc) is 3.16. The maximum Gasteiger partial charge on any atom is 0.0978 e. The number of benzene rings is 1. The van der Waals surface area contributed by atoms with Gasteiger partial charge in [-0.3, -0.25) is 9.69 Å². The lowest BCUT2D eigenvalue weighted by atomic mass is 10.0. The number of rotatable bonds is 6. The molecule has 1 saturated heterocycles. The summed E-state index contributed by atoms with van der Waals surface area (Å²) in [5.41, 5.74) is 1.43. The molecule has 0 bridgehead atoms. The van der Waals surface area contributed by atoms with Gasteiger partial charge in [0.1, 0.15) is 0 Å². The van der Waals surface area contributed by atoms with Gasteiger partial charge in [0, 0.05) is 32.0 Å². The Labute approximate surface area is 150 Å². The highest BCUT2D eigenvalue weighted by Gasteiger charge is 2.26. The highest BCUT2D eigenvalue weighted by atomic mass is 32.1. The molecular weight excluding hydrogens is 314 g/mol. The van der Waals surface area contributed by atoms with Crippen molar-refractivity contribution in [2.75, 3.05) is 24.6 Å². The average molecular weight is 342 g/mol. The Bertz CT molecular complexity index is 616. The van der Waals surface area contributed by atoms with E-state index < -0.39 is 0 Å². The number of thiocarbonyl (C=S) groups is 1. The van der Waals surface area contributed by atoms with Gasteiger partial charge in [-0.2, -0.15) is 0 Å². The van der Waals surface area contributed by atoms with Crippen LogP contribution in [-0.2, 0) is 6.42 Å². The lowest BCUT2D eigenvalue weighted by Gasteiger charge is -2.40. The second-order valence-corrected chi connectivity index (χ2v) is 6.93. The lowest BCUT2D eigenvalue weighted by Crippen LogP contribution is -2.51. The first-order valence-corrected chi connectivity index (χ1v) is 9.40. The van der Waals surface area contributed by atoms with Gasteiger partial charge in [0.2, 0.25) is 0 Å². The molecule has 1 fully saturated rings. The van der Waals surface area contributed by atoms with E-state index in [1.165, 1.54) is 18.4 Å². The molecule has 1 aromatic carbocycles. The van der Waals surface area contributed by atoms with Gasteiger partial charge >= 0.3 is 0 Å². The summed E-state index contributed by atoms with van der Waals surface area (Å²) >= 11 is 5.64. The van der Waals surface area contributed by atoms with Crippen molar-refractivity contribution < 1.29 is 0 Å². The first-order chi connectivity index (χ1) is 11.8. The van der Waals surface area contributed by atoms with Gasteiger partial charge in [-0.25, -0.2) is 0 Å². The summed E-state index contributed by atoms with van der Waals surface area (Å²) < 4.78 is 2.16. The molecule has 0 saturated carbocycles. The molecule has 4 heteroatoms. The predicted molar refractivity (Wildman–Crippen MR) is 105 cm³/mol. The third-order valence-corrected chi connectivity index (χ3v) is 5.33. The molecule has 0 N–H and O–H groups in total. The first-order valence-electron chi connectivity index (χ1n) is 8.99. The van der Waals surface area contributed by atoms with Crippen LogP contribution in [0.4, 0.5) is 0 Å². The molecule has 0 radical (unpaired) electrons. The van der Waals surface area contributed by atoms with Crippen LogP contribution < -0.4 is 5.01 Å². The van der Waals surface area contributed by atoms with E-state index in [0.29, 0.717) is 6.04 Å². The van der Waals surface area contributed by atoms with Crippen molar-refractivity contribution in [1.29, 1.82) is 0 Å². The molecule has 2 heterocycles. The SMILES string of the molecule is CCC(=S)N(C1CCN(CCc2ccccc2)CC1)n1cccc1. The molecule has 1 aliphatic rings. The van der Waals surface area contributed by atoms with Crippen LogP contribution in [0.5, 0.6) is 0 Å². The van der Waals surface area contributed by atoms with Gasteiger partial charge in [0.25, 0.3) is 0 Å². The fraction of sp³-hybridized carbons (Fsp3) is 0.450. The van der Waals surface area contributed by atoms with Crippen molar-refractivity contribution in [2.45, 2.75) is 38.6 Å². The highest BCUT2D eigenvalue weighted by molar-refractivity contribution is 7.80. The van der Waals surface area contributed by atoms with Gasteiger partial charge in [0.05, 0.1) is 11.0 Å². The second kappa shape index (κ2) is 8.45. The summed E-state index contributed by atoms with van der Waals surface area (Å²) in [5, 5.41) is 2.32. The van der Waals surface area contributed by atoms with Gasteiger partial charge in [-0.15, -0.1) is 0 Å². The Morgan fingerprint density at radius 3 is 2.38 bits per heavy atom. The molecule has 0 spiro atoms. The van der Waals surface area contributed by atoms with Gasteiger partial charge < -0.3 is 4.90 Å². The third kappa shape index (κ3) is 4.25. The maximum atomic E-state index is 5.64. The minimum Gasteiger partial charge on any atom is -0.303 e. The lowest BCUT2D eigenvalue weighted by molar-refractivity contribution is 0.208. The molecule has 1 aromatic heterocycles. The van der Waals surface area contributed by atoms with E-state index in [0.717, 1.165) is 37.5 Å². The quantitative estimate of drug-likeness (QED) is 0.740. The molecule has 24 heavy (non-hydrogen) atoms. The van der Waals surface area contributed by atoms with Crippen LogP contribution in [0.3, 0.4) is 0 Å². The van der Waals surface area contributed by atoms with E-state index in [-0.39, 0.29) is 0 Å². The Kier molecular flexibility index (Phi) is 6.05. The predicted octanol–water partition coefficient (Wildman–Crippen LogP) is 3.87. The van der Waals surface area contributed by atoms with E-state index in [4.69, 9.17) is 12.2 Å². The minimum atomic E-state index is 0.512. The molecule has 0 atom stereocenters. The topological polar surface area (TPSA) is 11.4 Å². The molecule has 2 aromatic rings. The Morgan fingerprint density at radius 2 is 1.75 bits per heavy atom. The molecule has 128 valence electrons. The van der Waals surface area contributed by atoms with E-state index in [1.54, 1.807) is 0 Å². The van der Waals surface area contributed by atoms with Crippen LogP contribution in [0.2, 0.25) is 0 Å². The maximum absolute atomic E-state index is 5.64. The summed E-state index contributed by atoms with van der Waals surface area (Å²) in [6, 6.07) is 15.4. The summed E-state index contributed by atoms with van der Waals surface area (Å²) in [7, 11) is 0. The summed E-state index contributed by atoms with van der Waals surface area (Å²) in [5.74, 6) is 0. The van der Waals surface area contributed by atoms with Crippen LogP contribution in [0.25, 0.3) is 0 Å². The number of nitrogens with zero attached hydrogens (tertiary/aromatic N) is 3. The largest absolute Gasteiger partial charge is 0.303 e. The van der Waals surface area contributed by atoms with Crippen LogP contribution in [0.1, 0.15) is 31.7 Å². The van der Waals surface area contributed by atoms with Crippen LogP contribution in [0.15, 0.2) is 54.9 Å². The molecular formula is C20H27N3S. The van der Waals surface area contributed by atoms with Crippen molar-refractivity contribution >= 4 is 17.2 Å². The molecule has 3 nitrogen and oxygen atoms in total. The normalized spacial score (nSPS) is 16.2. The highest BCUT2D eigenvalue weighted by Crippen LogP contribution is 2.18. The van der Waals surface area contributed by atoms with Crippen molar-refractivity contribution in [3.63, 3.8) is 0 Å². The van der Waals surface area contributed by atoms with Gasteiger partial charge in [-0.1, -0.05) is 49.5 Å². The molecule has 1 aliphatic heterocycles. The molecule has 0 amide bonds. The zero-order valence-electron chi connectivity index (χ0n) is 14.5. The number of hydrogen-bond donors (Lipinski definition) is 0. The van der Waals surface area contributed by atoms with Crippen LogP contribution in [-0.4, -0.2) is 40.2 Å². The van der Waals surface area contributed by atoms with Crippen molar-refractivity contribution in [1.82, 2.24) is 9.58 Å². The van der Waals surface area contributed by atoms with Crippen molar-refractivity contribution in [3.8, 4) is 0 Å². The monoisotopic (exact) mass is 341 g/mol. The smallest absolute Gasteiger partial charge is 0.0978 e. The molecule has 0 unspecified atom stereocenters. The Hall–Kier alpha value is -1.65. The number of aromatic nitrogens is 1. The van der Waals surface area contributed by atoms with E-state index >= 15 is 0 Å². The second-order valence-electron chi connectivity index (χ2n) is 6.46. The molecule has 0 aliphatic carbocycles. The van der Waals surface area contributed by atoms with Gasteiger partial charge in [0.15, 0.2) is 0 Å². The summed E-state index contributed by atoms with van der Waals surface area (Å²) in [6.45, 7) is 5.61. The van der Waals surface area contributed by atoms with E-state index in [9.17, 15) is 0 Å². The van der Waals surface area contributed by atoms with Crippen molar-refractivity contribution in [3.05, 3.63) is 60.4 Å². The fourth-order valence-corrected chi connectivity index (χ4v) is 3.71. The van der Waals surface area contributed by atoms with E-state index in [2.05, 4.69) is 76.4 Å². The van der Waals surface area contributed by atoms with Crippen LogP contribution in [0, 0.1) is 0 Å². The van der Waals surface area contributed by atoms with Crippen LogP contribution >= 0.6 is 12.2 Å². The zero-order valence-corrected chi connectivity index (χ0v) is 15.3. The molecule has 3 rings (SSSR count).